The van der Waals surface area contributed by atoms with Crippen LogP contribution >= 0.6 is 0 Å². The Hall–Kier alpha value is -3.88. The zero-order valence-corrected chi connectivity index (χ0v) is 16.3. The minimum Gasteiger partial charge on any atom is -0.465 e. The fraction of sp³-hybridized carbons (Fsp3) is 0.200. The van der Waals surface area contributed by atoms with Crippen molar-refractivity contribution in [1.82, 2.24) is 9.13 Å². The molecule has 0 amide bonds. The zero-order valence-electron chi connectivity index (χ0n) is 16.3. The summed E-state index contributed by atoms with van der Waals surface area (Å²) >= 11 is 0. The van der Waals surface area contributed by atoms with Gasteiger partial charge in [-0.2, -0.15) is 0 Å². The molecule has 0 N–H and O–H groups in total. The van der Waals surface area contributed by atoms with Crippen molar-refractivity contribution >= 4 is 28.7 Å². The van der Waals surface area contributed by atoms with Crippen LogP contribution in [0.5, 0.6) is 0 Å². The first-order valence-electron chi connectivity index (χ1n) is 8.56. The maximum atomic E-state index is 12.5. The molecule has 9 nitrogen and oxygen atoms in total. The minimum absolute atomic E-state index is 0.0128. The number of fused-ring (bicyclic) bond motifs is 1. The van der Waals surface area contributed by atoms with Crippen LogP contribution in [0.3, 0.4) is 0 Å². The van der Waals surface area contributed by atoms with Crippen molar-refractivity contribution in [3.05, 3.63) is 74.6 Å². The predicted molar refractivity (Wildman–Crippen MR) is 106 cm³/mol. The Balaban J connectivity index is 2.31. The lowest BCUT2D eigenvalue weighted by atomic mass is 10.1. The number of methoxy groups -OCH3 is 2. The molecule has 0 atom stereocenters. The van der Waals surface area contributed by atoms with E-state index in [1.807, 2.05) is 0 Å². The van der Waals surface area contributed by atoms with E-state index in [0.29, 0.717) is 16.7 Å². The Labute approximate surface area is 165 Å². The lowest BCUT2D eigenvalue weighted by Gasteiger charge is -2.23. The summed E-state index contributed by atoms with van der Waals surface area (Å²) in [6.07, 6.45) is 6.27. The summed E-state index contributed by atoms with van der Waals surface area (Å²) in [5.41, 5.74) is 0.141. The fourth-order valence-electron chi connectivity index (χ4n) is 3.09. The van der Waals surface area contributed by atoms with Gasteiger partial charge in [-0.1, -0.05) is 6.08 Å². The second-order valence-electron chi connectivity index (χ2n) is 6.22. The molecular weight excluding hydrogens is 378 g/mol. The van der Waals surface area contributed by atoms with Gasteiger partial charge in [-0.25, -0.2) is 9.59 Å². The van der Waals surface area contributed by atoms with E-state index in [1.54, 1.807) is 36.6 Å². The van der Waals surface area contributed by atoms with Crippen molar-refractivity contribution in [1.29, 1.82) is 0 Å². The molecule has 1 aliphatic rings. The lowest BCUT2D eigenvalue weighted by molar-refractivity contribution is -0.139. The quantitative estimate of drug-likeness (QED) is 0.556. The van der Waals surface area contributed by atoms with Crippen LogP contribution < -0.4 is 16.0 Å². The van der Waals surface area contributed by atoms with Gasteiger partial charge in [0, 0.05) is 26.0 Å². The smallest absolute Gasteiger partial charge is 0.355 e. The van der Waals surface area contributed by atoms with E-state index in [2.05, 4.69) is 0 Å². The molecule has 0 radical (unpaired) electrons. The molecule has 1 aromatic heterocycles. The molecule has 2 heterocycles. The van der Waals surface area contributed by atoms with E-state index in [1.165, 1.54) is 48.4 Å². The van der Waals surface area contributed by atoms with Crippen molar-refractivity contribution < 1.29 is 19.1 Å². The van der Waals surface area contributed by atoms with E-state index in [-0.39, 0.29) is 11.3 Å². The number of anilines is 1. The molecule has 150 valence electrons. The molecule has 0 bridgehead atoms. The highest BCUT2D eigenvalue weighted by Gasteiger charge is 2.27. The highest BCUT2D eigenvalue weighted by molar-refractivity contribution is 6.05. The molecule has 0 unspecified atom stereocenters. The number of aryl methyl sites for hydroxylation is 2. The van der Waals surface area contributed by atoms with Gasteiger partial charge in [0.1, 0.15) is 5.70 Å². The summed E-state index contributed by atoms with van der Waals surface area (Å²) < 4.78 is 12.2. The number of carbonyl (C=O) groups excluding carboxylic acids is 2. The molecule has 0 saturated heterocycles. The van der Waals surface area contributed by atoms with E-state index >= 15 is 0 Å². The third kappa shape index (κ3) is 3.27. The van der Waals surface area contributed by atoms with Crippen LogP contribution in [0.15, 0.2) is 63.5 Å². The Morgan fingerprint density at radius 2 is 1.48 bits per heavy atom. The Kier molecular flexibility index (Phi) is 5.22. The second kappa shape index (κ2) is 7.63. The zero-order chi connectivity index (χ0) is 21.3. The first-order valence-corrected chi connectivity index (χ1v) is 8.56. The number of esters is 2. The largest absolute Gasteiger partial charge is 0.465 e. The maximum Gasteiger partial charge on any atom is 0.355 e. The number of hydrogen-bond acceptors (Lipinski definition) is 7. The number of benzene rings is 1. The van der Waals surface area contributed by atoms with Crippen LogP contribution in [-0.2, 0) is 33.2 Å². The molecule has 3 rings (SSSR count). The molecular formula is C20H19N3O6. The summed E-state index contributed by atoms with van der Waals surface area (Å²) in [6.45, 7) is 0. The summed E-state index contributed by atoms with van der Waals surface area (Å²) in [7, 11) is 5.43. The van der Waals surface area contributed by atoms with Gasteiger partial charge in [0.2, 0.25) is 0 Å². The topological polar surface area (TPSA) is 99.8 Å². The normalized spacial score (nSPS) is 13.6. The van der Waals surface area contributed by atoms with Gasteiger partial charge in [-0.3, -0.25) is 9.59 Å². The van der Waals surface area contributed by atoms with E-state index in [0.717, 1.165) is 0 Å². The van der Waals surface area contributed by atoms with Gasteiger partial charge in [0.25, 0.3) is 0 Å². The number of ether oxygens (including phenoxy) is 2. The van der Waals surface area contributed by atoms with Crippen molar-refractivity contribution in [3.63, 3.8) is 0 Å². The Bertz CT molecular complexity index is 1230. The highest BCUT2D eigenvalue weighted by Crippen LogP contribution is 2.28. The van der Waals surface area contributed by atoms with E-state index in [9.17, 15) is 19.2 Å². The summed E-state index contributed by atoms with van der Waals surface area (Å²) in [4.78, 5) is 50.5. The maximum absolute atomic E-state index is 12.5. The summed E-state index contributed by atoms with van der Waals surface area (Å²) in [5, 5.41) is 0. The third-order valence-corrected chi connectivity index (χ3v) is 4.64. The van der Waals surface area contributed by atoms with Gasteiger partial charge in [-0.05, 0) is 30.4 Å². The number of nitrogens with zero attached hydrogens (tertiary/aromatic N) is 3. The van der Waals surface area contributed by atoms with Gasteiger partial charge < -0.3 is 23.5 Å². The molecule has 29 heavy (non-hydrogen) atoms. The van der Waals surface area contributed by atoms with Crippen LogP contribution in [0.4, 0.5) is 5.69 Å². The van der Waals surface area contributed by atoms with Crippen LogP contribution in [0, 0.1) is 0 Å². The molecule has 1 aromatic carbocycles. The van der Waals surface area contributed by atoms with Crippen molar-refractivity contribution in [2.24, 2.45) is 14.1 Å². The SMILES string of the molecule is COC(=O)C1=C(C(=O)OC)N(c2ccc3c(c2)n(C)c(=O)c(=O)n3C)C=CC=C1. The second-order valence-corrected chi connectivity index (χ2v) is 6.22. The molecule has 0 fully saturated rings. The monoisotopic (exact) mass is 397 g/mol. The predicted octanol–water partition coefficient (Wildman–Crippen LogP) is 0.727. The first-order chi connectivity index (χ1) is 13.8. The Morgan fingerprint density at radius 3 is 2.10 bits per heavy atom. The number of allylic oxidation sites excluding steroid dienone is 2. The molecule has 2 aromatic rings. The highest BCUT2D eigenvalue weighted by atomic mass is 16.5. The van der Waals surface area contributed by atoms with Crippen LogP contribution in [0.1, 0.15) is 0 Å². The van der Waals surface area contributed by atoms with Crippen LogP contribution in [0.2, 0.25) is 0 Å². The fourth-order valence-corrected chi connectivity index (χ4v) is 3.09. The molecule has 9 heteroatoms. The molecule has 0 spiro atoms. The van der Waals surface area contributed by atoms with E-state index < -0.39 is 23.1 Å². The Morgan fingerprint density at radius 1 is 0.862 bits per heavy atom. The van der Waals surface area contributed by atoms with Gasteiger partial charge >= 0.3 is 23.1 Å². The minimum atomic E-state index is -0.740. The van der Waals surface area contributed by atoms with E-state index in [4.69, 9.17) is 9.47 Å². The van der Waals surface area contributed by atoms with Crippen molar-refractivity contribution in [3.8, 4) is 0 Å². The number of aromatic nitrogens is 2. The molecule has 0 aliphatic carbocycles. The van der Waals surface area contributed by atoms with Gasteiger partial charge in [0.15, 0.2) is 0 Å². The lowest BCUT2D eigenvalue weighted by Crippen LogP contribution is -2.39. The molecule has 1 aliphatic heterocycles. The van der Waals surface area contributed by atoms with Crippen molar-refractivity contribution in [2.75, 3.05) is 19.1 Å². The summed E-state index contributed by atoms with van der Waals surface area (Å²) in [6, 6.07) is 4.97. The number of carbonyl (C=O) groups is 2. The van der Waals surface area contributed by atoms with Crippen molar-refractivity contribution in [2.45, 2.75) is 0 Å². The third-order valence-electron chi connectivity index (χ3n) is 4.64. The average Bonchev–Trinajstić information content (AvgIpc) is 2.97. The van der Waals surface area contributed by atoms with Crippen LogP contribution in [0.25, 0.3) is 11.0 Å². The first kappa shape index (κ1) is 19.9. The average molecular weight is 397 g/mol. The van der Waals surface area contributed by atoms with Gasteiger partial charge in [0.05, 0.1) is 30.8 Å². The number of rotatable bonds is 3. The van der Waals surface area contributed by atoms with Gasteiger partial charge in [-0.15, -0.1) is 0 Å². The standard InChI is InChI=1S/C20H19N3O6/c1-21-14-9-8-12(11-15(14)22(2)18(25)17(21)24)23-10-6-5-7-13(19(26)28-3)16(23)20(27)29-4/h5-11H,1-4H3. The number of hydrogen-bond donors (Lipinski definition) is 0. The van der Waals surface area contributed by atoms with Crippen LogP contribution in [-0.4, -0.2) is 35.3 Å². The summed E-state index contributed by atoms with van der Waals surface area (Å²) in [5.74, 6) is -1.44. The molecule has 0 saturated carbocycles.